The minimum atomic E-state index is 0. The summed E-state index contributed by atoms with van der Waals surface area (Å²) in [6.45, 7) is 4.04. The maximum atomic E-state index is 5.87. The minimum absolute atomic E-state index is 0. The molecule has 23 heavy (non-hydrogen) atoms. The van der Waals surface area contributed by atoms with Crippen molar-refractivity contribution in [3.05, 3.63) is 66.2 Å². The molecule has 0 aliphatic carbocycles. The van der Waals surface area contributed by atoms with Crippen molar-refractivity contribution in [2.75, 3.05) is 18.5 Å². The molecular weight excluding hydrogens is 401 g/mol. The molecular formula is C18H24IN3O. The average molecular weight is 425 g/mol. The zero-order valence-electron chi connectivity index (χ0n) is 13.3. The van der Waals surface area contributed by atoms with Crippen LogP contribution in [-0.2, 0) is 11.3 Å². The Balaban J connectivity index is 0.00000264. The molecule has 1 atom stereocenters. The number of hydrogen-bond acceptors (Lipinski definition) is 2. The van der Waals surface area contributed by atoms with Gasteiger partial charge in [-0.3, -0.25) is 4.99 Å². The molecule has 2 aromatic rings. The summed E-state index contributed by atoms with van der Waals surface area (Å²) < 4.78 is 5.70. The predicted molar refractivity (Wildman–Crippen MR) is 107 cm³/mol. The molecule has 0 bridgehead atoms. The van der Waals surface area contributed by atoms with Gasteiger partial charge in [0.1, 0.15) is 0 Å². The van der Waals surface area contributed by atoms with Crippen molar-refractivity contribution in [2.24, 2.45) is 16.6 Å². The van der Waals surface area contributed by atoms with Crippen molar-refractivity contribution >= 4 is 35.6 Å². The van der Waals surface area contributed by atoms with Crippen molar-refractivity contribution in [1.82, 2.24) is 0 Å². The summed E-state index contributed by atoms with van der Waals surface area (Å²) in [5.41, 5.74) is 8.00. The van der Waals surface area contributed by atoms with Gasteiger partial charge in [-0.15, -0.1) is 24.0 Å². The Morgan fingerprint density at radius 3 is 2.35 bits per heavy atom. The molecule has 0 heterocycles. The van der Waals surface area contributed by atoms with E-state index in [0.29, 0.717) is 31.6 Å². The summed E-state index contributed by atoms with van der Waals surface area (Å²) in [5.74, 6) is 0.751. The topological polar surface area (TPSA) is 59.6 Å². The van der Waals surface area contributed by atoms with Gasteiger partial charge in [0.25, 0.3) is 0 Å². The summed E-state index contributed by atoms with van der Waals surface area (Å²) in [7, 11) is 0. The number of guanidine groups is 1. The lowest BCUT2D eigenvalue weighted by Gasteiger charge is -2.11. The number of nitrogens with two attached hydrogens (primary N) is 1. The van der Waals surface area contributed by atoms with Crippen LogP contribution in [0.1, 0.15) is 12.5 Å². The number of benzene rings is 2. The Morgan fingerprint density at radius 2 is 1.70 bits per heavy atom. The first-order valence-corrected chi connectivity index (χ1v) is 7.47. The van der Waals surface area contributed by atoms with Crippen LogP contribution in [0.5, 0.6) is 0 Å². The van der Waals surface area contributed by atoms with Gasteiger partial charge in [-0.25, -0.2) is 0 Å². The first kappa shape index (κ1) is 19.4. The van der Waals surface area contributed by atoms with E-state index in [0.717, 1.165) is 5.69 Å². The van der Waals surface area contributed by atoms with Crippen LogP contribution < -0.4 is 11.1 Å². The van der Waals surface area contributed by atoms with Gasteiger partial charge < -0.3 is 15.8 Å². The Kier molecular flexibility index (Phi) is 9.31. The van der Waals surface area contributed by atoms with Crippen LogP contribution in [0.25, 0.3) is 0 Å². The van der Waals surface area contributed by atoms with Crippen molar-refractivity contribution in [3.8, 4) is 0 Å². The highest BCUT2D eigenvalue weighted by Gasteiger charge is 2.02. The Labute approximate surface area is 155 Å². The summed E-state index contributed by atoms with van der Waals surface area (Å²) in [6, 6.07) is 19.9. The summed E-state index contributed by atoms with van der Waals surface area (Å²) in [5, 5.41) is 3.07. The lowest BCUT2D eigenvalue weighted by atomic mass is 10.2. The van der Waals surface area contributed by atoms with Gasteiger partial charge >= 0.3 is 0 Å². The number of para-hydroxylation sites is 1. The fourth-order valence-electron chi connectivity index (χ4n) is 1.97. The van der Waals surface area contributed by atoms with Crippen LogP contribution in [0.3, 0.4) is 0 Å². The van der Waals surface area contributed by atoms with Crippen LogP contribution in [0.15, 0.2) is 65.7 Å². The number of aliphatic imine (C=N–C) groups is 1. The highest BCUT2D eigenvalue weighted by molar-refractivity contribution is 14.0. The molecule has 0 aromatic heterocycles. The van der Waals surface area contributed by atoms with E-state index in [-0.39, 0.29) is 24.0 Å². The van der Waals surface area contributed by atoms with Crippen molar-refractivity contribution in [3.63, 3.8) is 0 Å². The normalized spacial score (nSPS) is 12.3. The first-order chi connectivity index (χ1) is 10.7. The number of hydrogen-bond donors (Lipinski definition) is 2. The average Bonchev–Trinajstić information content (AvgIpc) is 2.55. The summed E-state index contributed by atoms with van der Waals surface area (Å²) >= 11 is 0. The molecule has 0 saturated carbocycles. The zero-order chi connectivity index (χ0) is 15.6. The van der Waals surface area contributed by atoms with Gasteiger partial charge in [0, 0.05) is 12.2 Å². The van der Waals surface area contributed by atoms with E-state index in [9.17, 15) is 0 Å². The second-order valence-electron chi connectivity index (χ2n) is 5.32. The molecule has 0 spiro atoms. The molecule has 124 valence electrons. The van der Waals surface area contributed by atoms with E-state index >= 15 is 0 Å². The highest BCUT2D eigenvalue weighted by Crippen LogP contribution is 2.05. The van der Waals surface area contributed by atoms with Crippen LogP contribution in [0.2, 0.25) is 0 Å². The molecule has 1 unspecified atom stereocenters. The number of ether oxygens (including phenoxy) is 1. The van der Waals surface area contributed by atoms with Crippen molar-refractivity contribution < 1.29 is 4.74 Å². The third-order valence-electron chi connectivity index (χ3n) is 3.13. The standard InChI is InChI=1S/C18H23N3O.HI/c1-15(13-22-14-16-8-4-2-5-9-16)12-20-18(19)21-17-10-6-3-7-11-17;/h2-11,15H,12-14H2,1H3,(H3,19,20,21);1H. The second-order valence-corrected chi connectivity index (χ2v) is 5.32. The number of nitrogens with one attached hydrogen (secondary N) is 1. The van der Waals surface area contributed by atoms with Crippen molar-refractivity contribution in [2.45, 2.75) is 13.5 Å². The van der Waals surface area contributed by atoms with Crippen LogP contribution in [0, 0.1) is 5.92 Å². The number of anilines is 1. The van der Waals surface area contributed by atoms with Gasteiger partial charge in [-0.05, 0) is 23.6 Å². The smallest absolute Gasteiger partial charge is 0.193 e. The monoisotopic (exact) mass is 425 g/mol. The maximum absolute atomic E-state index is 5.87. The van der Waals surface area contributed by atoms with E-state index in [1.807, 2.05) is 48.5 Å². The van der Waals surface area contributed by atoms with Gasteiger partial charge in [0.05, 0.1) is 13.2 Å². The van der Waals surface area contributed by atoms with E-state index in [1.54, 1.807) is 0 Å². The zero-order valence-corrected chi connectivity index (χ0v) is 15.6. The van der Waals surface area contributed by atoms with Crippen LogP contribution >= 0.6 is 24.0 Å². The van der Waals surface area contributed by atoms with E-state index in [4.69, 9.17) is 10.5 Å². The van der Waals surface area contributed by atoms with Gasteiger partial charge in [0.15, 0.2) is 5.96 Å². The Morgan fingerprint density at radius 1 is 1.09 bits per heavy atom. The third kappa shape index (κ3) is 7.99. The highest BCUT2D eigenvalue weighted by atomic mass is 127. The molecule has 0 aliphatic heterocycles. The Hall–Kier alpha value is -1.60. The summed E-state index contributed by atoms with van der Waals surface area (Å²) in [6.07, 6.45) is 0. The van der Waals surface area contributed by atoms with Gasteiger partial charge in [0.2, 0.25) is 0 Å². The fraction of sp³-hybridized carbons (Fsp3) is 0.278. The number of halogens is 1. The predicted octanol–water partition coefficient (Wildman–Crippen LogP) is 3.88. The fourth-order valence-corrected chi connectivity index (χ4v) is 1.97. The largest absolute Gasteiger partial charge is 0.376 e. The molecule has 4 nitrogen and oxygen atoms in total. The second kappa shape index (κ2) is 11.0. The minimum Gasteiger partial charge on any atom is -0.376 e. The van der Waals surface area contributed by atoms with Crippen molar-refractivity contribution in [1.29, 1.82) is 0 Å². The SMILES string of the molecule is CC(CN=C(N)Nc1ccccc1)COCc1ccccc1.I. The first-order valence-electron chi connectivity index (χ1n) is 7.47. The molecule has 5 heteroatoms. The molecule has 0 amide bonds. The lowest BCUT2D eigenvalue weighted by molar-refractivity contribution is 0.0945. The van der Waals surface area contributed by atoms with Gasteiger partial charge in [-0.1, -0.05) is 55.5 Å². The molecule has 2 aromatic carbocycles. The lowest BCUT2D eigenvalue weighted by Crippen LogP contribution is -2.24. The van der Waals surface area contributed by atoms with E-state index in [1.165, 1.54) is 5.56 Å². The third-order valence-corrected chi connectivity index (χ3v) is 3.13. The molecule has 2 rings (SSSR count). The van der Waals surface area contributed by atoms with E-state index < -0.39 is 0 Å². The van der Waals surface area contributed by atoms with Crippen LogP contribution in [-0.4, -0.2) is 19.1 Å². The molecule has 3 N–H and O–H groups in total. The Bertz CT molecular complexity index is 575. The quantitative estimate of drug-likeness (QED) is 0.402. The molecule has 0 fully saturated rings. The number of nitrogens with zero attached hydrogens (tertiary/aromatic N) is 1. The molecule has 0 saturated heterocycles. The van der Waals surface area contributed by atoms with Gasteiger partial charge in [-0.2, -0.15) is 0 Å². The molecule has 0 radical (unpaired) electrons. The van der Waals surface area contributed by atoms with E-state index in [2.05, 4.69) is 29.4 Å². The molecule has 0 aliphatic rings. The maximum Gasteiger partial charge on any atom is 0.193 e. The summed E-state index contributed by atoms with van der Waals surface area (Å²) in [4.78, 5) is 4.35. The van der Waals surface area contributed by atoms with Crippen LogP contribution in [0.4, 0.5) is 5.69 Å². The number of rotatable bonds is 7.